The van der Waals surface area contributed by atoms with Crippen LogP contribution in [0.3, 0.4) is 0 Å². The Bertz CT molecular complexity index is 1370. The summed E-state index contributed by atoms with van der Waals surface area (Å²) in [4.78, 5) is 44.0. The Morgan fingerprint density at radius 3 is 2.26 bits per heavy atom. The van der Waals surface area contributed by atoms with Gasteiger partial charge in [0.25, 0.3) is 11.8 Å². The summed E-state index contributed by atoms with van der Waals surface area (Å²) in [5.74, 6) is -0.293. The van der Waals surface area contributed by atoms with Crippen LogP contribution in [0.2, 0.25) is 0 Å². The highest BCUT2D eigenvalue weighted by molar-refractivity contribution is 7.16. The van der Waals surface area contributed by atoms with Crippen LogP contribution in [0.25, 0.3) is 0 Å². The summed E-state index contributed by atoms with van der Waals surface area (Å²) in [6.45, 7) is 6.84. The normalized spacial score (nSPS) is 17.4. The standard InChI is InChI=1S/C29H31N3O5S/c1-29(2,3)37-28(35)23-21-13-14-31(15-17-9-11-18(36-4)12-10-17)22(24(21)38-25(23)30)16-32-26(33)19-7-5-6-8-20(19)27(32)34/h5-12,22H,13-16,30H2,1-4H3. The van der Waals surface area contributed by atoms with Gasteiger partial charge in [-0.1, -0.05) is 24.3 Å². The van der Waals surface area contributed by atoms with Crippen LogP contribution in [0.1, 0.15) is 73.9 Å². The van der Waals surface area contributed by atoms with Gasteiger partial charge in [-0.25, -0.2) is 4.79 Å². The molecule has 1 aromatic heterocycles. The monoisotopic (exact) mass is 533 g/mol. The summed E-state index contributed by atoms with van der Waals surface area (Å²) in [7, 11) is 1.63. The summed E-state index contributed by atoms with van der Waals surface area (Å²) in [6.07, 6.45) is 0.604. The summed E-state index contributed by atoms with van der Waals surface area (Å²) >= 11 is 1.34. The van der Waals surface area contributed by atoms with E-state index >= 15 is 0 Å². The second-order valence-corrected chi connectivity index (χ2v) is 11.6. The number of thiophene rings is 1. The molecule has 2 aromatic carbocycles. The third-order valence-corrected chi connectivity index (χ3v) is 8.00. The predicted octanol–water partition coefficient (Wildman–Crippen LogP) is 4.69. The van der Waals surface area contributed by atoms with E-state index in [-0.39, 0.29) is 24.4 Å². The number of amides is 2. The number of nitrogen functional groups attached to an aromatic ring is 1. The molecule has 3 aromatic rings. The van der Waals surface area contributed by atoms with Gasteiger partial charge in [0, 0.05) is 24.5 Å². The van der Waals surface area contributed by atoms with Crippen molar-refractivity contribution in [1.29, 1.82) is 0 Å². The molecule has 2 amide bonds. The molecule has 2 aliphatic heterocycles. The van der Waals surface area contributed by atoms with Gasteiger partial charge in [-0.05, 0) is 62.6 Å². The van der Waals surface area contributed by atoms with Crippen molar-refractivity contribution in [1.82, 2.24) is 9.80 Å². The Hall–Kier alpha value is -3.69. The molecular formula is C29H31N3O5S. The lowest BCUT2D eigenvalue weighted by Crippen LogP contribution is -2.43. The molecule has 0 fully saturated rings. The first-order valence-corrected chi connectivity index (χ1v) is 13.4. The van der Waals surface area contributed by atoms with Crippen molar-refractivity contribution in [2.24, 2.45) is 0 Å². The van der Waals surface area contributed by atoms with Crippen molar-refractivity contribution in [3.63, 3.8) is 0 Å². The number of anilines is 1. The molecule has 0 bridgehead atoms. The van der Waals surface area contributed by atoms with E-state index in [0.29, 0.717) is 41.2 Å². The molecule has 0 saturated carbocycles. The highest BCUT2D eigenvalue weighted by atomic mass is 32.1. The molecule has 3 heterocycles. The Kier molecular flexibility index (Phi) is 6.75. The highest BCUT2D eigenvalue weighted by Gasteiger charge is 2.41. The predicted molar refractivity (Wildman–Crippen MR) is 146 cm³/mol. The van der Waals surface area contributed by atoms with E-state index in [1.54, 1.807) is 31.4 Å². The lowest BCUT2D eigenvalue weighted by atomic mass is 9.96. The fourth-order valence-corrected chi connectivity index (χ4v) is 6.31. The van der Waals surface area contributed by atoms with Crippen molar-refractivity contribution in [3.05, 3.63) is 81.2 Å². The van der Waals surface area contributed by atoms with Crippen molar-refractivity contribution >= 4 is 34.1 Å². The molecule has 38 heavy (non-hydrogen) atoms. The summed E-state index contributed by atoms with van der Waals surface area (Å²) < 4.78 is 11.0. The van der Waals surface area contributed by atoms with Crippen molar-refractivity contribution in [2.45, 2.75) is 45.4 Å². The summed E-state index contributed by atoms with van der Waals surface area (Å²) in [5.41, 5.74) is 8.88. The van der Waals surface area contributed by atoms with Gasteiger partial charge in [-0.15, -0.1) is 11.3 Å². The van der Waals surface area contributed by atoms with Crippen LogP contribution in [-0.2, 0) is 17.7 Å². The average molecular weight is 534 g/mol. The number of fused-ring (bicyclic) bond motifs is 2. The number of nitrogens with zero attached hydrogens (tertiary/aromatic N) is 2. The number of carbonyl (C=O) groups is 3. The molecule has 1 atom stereocenters. The summed E-state index contributed by atoms with van der Waals surface area (Å²) in [5, 5.41) is 0.392. The molecule has 1 unspecified atom stereocenters. The third-order valence-electron chi connectivity index (χ3n) is 6.84. The quantitative estimate of drug-likeness (QED) is 0.362. The Balaban J connectivity index is 1.51. The van der Waals surface area contributed by atoms with Gasteiger partial charge in [0.15, 0.2) is 0 Å². The first-order valence-electron chi connectivity index (χ1n) is 12.5. The number of hydrogen-bond donors (Lipinski definition) is 1. The molecule has 0 aliphatic carbocycles. The van der Waals surface area contributed by atoms with Crippen LogP contribution in [0.5, 0.6) is 5.75 Å². The molecule has 8 nitrogen and oxygen atoms in total. The SMILES string of the molecule is COc1ccc(CN2CCc3c(sc(N)c3C(=O)OC(C)(C)C)C2CN2C(=O)c3ccccc3C2=O)cc1. The molecule has 5 rings (SSSR count). The van der Waals surface area contributed by atoms with E-state index in [1.807, 2.05) is 45.0 Å². The van der Waals surface area contributed by atoms with Gasteiger partial charge in [0.2, 0.25) is 0 Å². The molecular weight excluding hydrogens is 502 g/mol. The third kappa shape index (κ3) is 4.79. The van der Waals surface area contributed by atoms with Gasteiger partial charge < -0.3 is 15.2 Å². The zero-order valence-electron chi connectivity index (χ0n) is 21.9. The molecule has 0 saturated heterocycles. The summed E-state index contributed by atoms with van der Waals surface area (Å²) in [6, 6.07) is 14.4. The maximum atomic E-state index is 13.2. The minimum absolute atomic E-state index is 0.156. The fraction of sp³-hybridized carbons (Fsp3) is 0.345. The van der Waals surface area contributed by atoms with Crippen LogP contribution in [-0.4, -0.2) is 53.4 Å². The maximum absolute atomic E-state index is 13.2. The van der Waals surface area contributed by atoms with E-state index in [9.17, 15) is 14.4 Å². The molecule has 0 radical (unpaired) electrons. The van der Waals surface area contributed by atoms with E-state index in [4.69, 9.17) is 15.2 Å². The maximum Gasteiger partial charge on any atom is 0.341 e. The van der Waals surface area contributed by atoms with Gasteiger partial charge in [0.1, 0.15) is 16.4 Å². The highest BCUT2D eigenvalue weighted by Crippen LogP contribution is 2.43. The lowest BCUT2D eigenvalue weighted by Gasteiger charge is -2.37. The number of rotatable bonds is 6. The number of methoxy groups -OCH3 is 1. The zero-order valence-corrected chi connectivity index (χ0v) is 22.8. The zero-order chi connectivity index (χ0) is 27.2. The lowest BCUT2D eigenvalue weighted by molar-refractivity contribution is 0.00682. The molecule has 198 valence electrons. The van der Waals surface area contributed by atoms with Gasteiger partial charge in [0.05, 0.1) is 29.8 Å². The number of carbonyl (C=O) groups excluding carboxylic acids is 3. The van der Waals surface area contributed by atoms with Crippen LogP contribution < -0.4 is 10.5 Å². The van der Waals surface area contributed by atoms with E-state index < -0.39 is 11.6 Å². The van der Waals surface area contributed by atoms with Gasteiger partial charge in [-0.3, -0.25) is 19.4 Å². The van der Waals surface area contributed by atoms with E-state index in [0.717, 1.165) is 21.8 Å². The van der Waals surface area contributed by atoms with E-state index in [1.165, 1.54) is 16.2 Å². The largest absolute Gasteiger partial charge is 0.497 e. The number of imide groups is 1. The first kappa shape index (κ1) is 25.9. The second kappa shape index (κ2) is 9.89. The number of ether oxygens (including phenoxy) is 2. The minimum atomic E-state index is -0.660. The van der Waals surface area contributed by atoms with Crippen LogP contribution in [0, 0.1) is 0 Å². The Morgan fingerprint density at radius 2 is 1.68 bits per heavy atom. The number of benzene rings is 2. The van der Waals surface area contributed by atoms with E-state index in [2.05, 4.69) is 4.90 Å². The second-order valence-electron chi connectivity index (χ2n) is 10.5. The van der Waals surface area contributed by atoms with Crippen molar-refractivity contribution in [2.75, 3.05) is 25.9 Å². The number of esters is 1. The first-order chi connectivity index (χ1) is 18.1. The molecule has 2 N–H and O–H groups in total. The van der Waals surface area contributed by atoms with Gasteiger partial charge >= 0.3 is 5.97 Å². The van der Waals surface area contributed by atoms with Crippen molar-refractivity contribution < 1.29 is 23.9 Å². The molecule has 9 heteroatoms. The topological polar surface area (TPSA) is 102 Å². The van der Waals surface area contributed by atoms with Crippen LogP contribution >= 0.6 is 11.3 Å². The van der Waals surface area contributed by atoms with Crippen LogP contribution in [0.4, 0.5) is 5.00 Å². The number of nitrogens with two attached hydrogens (primary N) is 1. The van der Waals surface area contributed by atoms with Gasteiger partial charge in [-0.2, -0.15) is 0 Å². The van der Waals surface area contributed by atoms with Crippen LogP contribution in [0.15, 0.2) is 48.5 Å². The Labute approximate surface area is 225 Å². The van der Waals surface area contributed by atoms with Crippen molar-refractivity contribution in [3.8, 4) is 5.75 Å². The molecule has 0 spiro atoms. The smallest absolute Gasteiger partial charge is 0.341 e. The Morgan fingerprint density at radius 1 is 1.05 bits per heavy atom. The average Bonchev–Trinajstić information content (AvgIpc) is 3.34. The minimum Gasteiger partial charge on any atom is -0.497 e. The molecule has 2 aliphatic rings. The fourth-order valence-electron chi connectivity index (χ4n) is 5.08. The number of hydrogen-bond acceptors (Lipinski definition) is 8.